The minimum absolute atomic E-state index is 0.805. The van der Waals surface area contributed by atoms with Gasteiger partial charge in [-0.2, -0.15) is 9.90 Å². The quantitative estimate of drug-likeness (QED) is 0.655. The molecule has 0 amide bonds. The molecule has 0 N–H and O–H groups in total. The summed E-state index contributed by atoms with van der Waals surface area (Å²) in [5.74, 6) is 0. The van der Waals surface area contributed by atoms with E-state index in [0.29, 0.717) is 0 Å². The Labute approximate surface area is 77.0 Å². The van der Waals surface area contributed by atoms with Crippen LogP contribution in [0.15, 0.2) is 30.3 Å². The Morgan fingerprint density at radius 1 is 1.23 bits per heavy atom. The van der Waals surface area contributed by atoms with Gasteiger partial charge >= 0.3 is 6.16 Å². The van der Waals surface area contributed by atoms with Crippen LogP contribution in [0.2, 0.25) is 0 Å². The normalized spacial score (nSPS) is 10.9. The molecule has 1 aromatic carbocycles. The summed E-state index contributed by atoms with van der Waals surface area (Å²) in [6.07, 6.45) is -1.51. The second-order valence-corrected chi connectivity index (χ2v) is 3.23. The van der Waals surface area contributed by atoms with Gasteiger partial charge < -0.3 is 4.74 Å². The van der Waals surface area contributed by atoms with Crippen molar-refractivity contribution in [2.75, 3.05) is 0 Å². The van der Waals surface area contributed by atoms with E-state index in [9.17, 15) is 9.90 Å². The molecule has 13 heavy (non-hydrogen) atoms. The van der Waals surface area contributed by atoms with Crippen LogP contribution < -0.4 is 0 Å². The van der Waals surface area contributed by atoms with Crippen LogP contribution in [0.4, 0.5) is 4.79 Å². The van der Waals surface area contributed by atoms with E-state index in [1.54, 1.807) is 13.8 Å². The van der Waals surface area contributed by atoms with Gasteiger partial charge in [-0.05, 0) is 19.4 Å². The lowest BCUT2D eigenvalue weighted by atomic mass is 9.98. The molecule has 1 rings (SSSR count). The average molecular weight is 179 g/mol. The fraction of sp³-hybridized carbons (Fsp3) is 0.300. The van der Waals surface area contributed by atoms with Crippen LogP contribution in [0.1, 0.15) is 19.4 Å². The van der Waals surface area contributed by atoms with Gasteiger partial charge in [0.2, 0.25) is 0 Å². The zero-order valence-corrected chi connectivity index (χ0v) is 7.61. The van der Waals surface area contributed by atoms with Crippen molar-refractivity contribution in [1.82, 2.24) is 0 Å². The summed E-state index contributed by atoms with van der Waals surface area (Å²) in [5, 5.41) is 10.3. The largest absolute Gasteiger partial charge is 0.550 e. The van der Waals surface area contributed by atoms with Crippen LogP contribution in [0, 0.1) is 0 Å². The molecule has 0 saturated carbocycles. The van der Waals surface area contributed by atoms with Crippen LogP contribution in [0.3, 0.4) is 0 Å². The third kappa shape index (κ3) is 2.47. The lowest BCUT2D eigenvalue weighted by Gasteiger charge is -2.22. The Hall–Kier alpha value is -1.51. The van der Waals surface area contributed by atoms with Crippen molar-refractivity contribution in [3.05, 3.63) is 35.9 Å². The van der Waals surface area contributed by atoms with Crippen LogP contribution in [-0.2, 0) is 15.4 Å². The SMILES string of the molecule is CC(C)(OC([O])=O)c1ccccc1. The minimum atomic E-state index is -1.51. The molecule has 0 fully saturated rings. The molecule has 0 aromatic heterocycles. The van der Waals surface area contributed by atoms with Gasteiger partial charge in [-0.25, -0.2) is 0 Å². The molecule has 0 atom stereocenters. The summed E-state index contributed by atoms with van der Waals surface area (Å²) >= 11 is 0. The molecule has 3 heteroatoms. The predicted molar refractivity (Wildman–Crippen MR) is 46.6 cm³/mol. The standard InChI is InChI=1S/C10H11O3/c1-10(2,13-9(11)12)8-6-4-3-5-7-8/h3-7H,1-2H3. The molecule has 0 aliphatic carbocycles. The summed E-state index contributed by atoms with van der Waals surface area (Å²) in [6.45, 7) is 3.36. The topological polar surface area (TPSA) is 46.2 Å². The molecule has 1 radical (unpaired) electrons. The van der Waals surface area contributed by atoms with E-state index in [4.69, 9.17) is 0 Å². The highest BCUT2D eigenvalue weighted by Crippen LogP contribution is 2.24. The molecule has 0 aliphatic rings. The van der Waals surface area contributed by atoms with Gasteiger partial charge in [-0.15, -0.1) is 0 Å². The van der Waals surface area contributed by atoms with Crippen molar-refractivity contribution in [3.8, 4) is 0 Å². The predicted octanol–water partition coefficient (Wildman–Crippen LogP) is 2.49. The van der Waals surface area contributed by atoms with Gasteiger partial charge in [0, 0.05) is 0 Å². The first-order chi connectivity index (χ1) is 6.02. The molecule has 0 unspecified atom stereocenters. The van der Waals surface area contributed by atoms with Gasteiger partial charge in [-0.3, -0.25) is 0 Å². The second-order valence-electron chi connectivity index (χ2n) is 3.23. The highest BCUT2D eigenvalue weighted by atomic mass is 16.7. The number of hydrogen-bond acceptors (Lipinski definition) is 2. The third-order valence-corrected chi connectivity index (χ3v) is 1.81. The Balaban J connectivity index is 2.87. The first kappa shape index (κ1) is 9.58. The third-order valence-electron chi connectivity index (χ3n) is 1.81. The van der Waals surface area contributed by atoms with E-state index in [2.05, 4.69) is 4.74 Å². The minimum Gasteiger partial charge on any atom is -0.421 e. The Bertz CT molecular complexity index is 290. The Morgan fingerprint density at radius 3 is 2.23 bits per heavy atom. The van der Waals surface area contributed by atoms with Crippen LogP contribution >= 0.6 is 0 Å². The van der Waals surface area contributed by atoms with Gasteiger partial charge in [0.15, 0.2) is 0 Å². The number of benzene rings is 1. The fourth-order valence-electron chi connectivity index (χ4n) is 1.11. The van der Waals surface area contributed by atoms with Crippen LogP contribution in [0.5, 0.6) is 0 Å². The molecule has 3 nitrogen and oxygen atoms in total. The van der Waals surface area contributed by atoms with Crippen molar-refractivity contribution < 1.29 is 14.6 Å². The number of hydrogen-bond donors (Lipinski definition) is 0. The van der Waals surface area contributed by atoms with Crippen molar-refractivity contribution >= 4 is 6.16 Å². The lowest BCUT2D eigenvalue weighted by molar-refractivity contribution is -0.0139. The van der Waals surface area contributed by atoms with E-state index in [1.165, 1.54) is 0 Å². The zero-order chi connectivity index (χ0) is 9.90. The molecule has 1 aromatic rings. The summed E-state index contributed by atoms with van der Waals surface area (Å²) in [6, 6.07) is 9.13. The molecular formula is C10H11O3. The Kier molecular flexibility index (Phi) is 2.56. The van der Waals surface area contributed by atoms with Crippen LogP contribution in [-0.4, -0.2) is 6.16 Å². The maximum atomic E-state index is 10.3. The van der Waals surface area contributed by atoms with Crippen LogP contribution in [0.25, 0.3) is 0 Å². The number of carbonyl (C=O) groups excluding carboxylic acids is 1. The molecule has 0 spiro atoms. The highest BCUT2D eigenvalue weighted by molar-refractivity contribution is 5.57. The smallest absolute Gasteiger partial charge is 0.421 e. The first-order valence-electron chi connectivity index (χ1n) is 3.98. The van der Waals surface area contributed by atoms with E-state index in [0.717, 1.165) is 5.56 Å². The summed E-state index contributed by atoms with van der Waals surface area (Å²) < 4.78 is 4.63. The maximum absolute atomic E-state index is 10.3. The molecule has 0 heterocycles. The summed E-state index contributed by atoms with van der Waals surface area (Å²) in [5.41, 5.74) is -0.0423. The summed E-state index contributed by atoms with van der Waals surface area (Å²) in [4.78, 5) is 10.3. The van der Waals surface area contributed by atoms with Gasteiger partial charge in [-0.1, -0.05) is 30.3 Å². The van der Waals surface area contributed by atoms with Crippen molar-refractivity contribution in [3.63, 3.8) is 0 Å². The first-order valence-corrected chi connectivity index (χ1v) is 3.98. The molecule has 69 valence electrons. The van der Waals surface area contributed by atoms with Crippen molar-refractivity contribution in [2.24, 2.45) is 0 Å². The fourth-order valence-corrected chi connectivity index (χ4v) is 1.11. The molecule has 0 bridgehead atoms. The van der Waals surface area contributed by atoms with E-state index < -0.39 is 11.8 Å². The monoisotopic (exact) mass is 179 g/mol. The Morgan fingerprint density at radius 2 is 1.77 bits per heavy atom. The number of rotatable bonds is 2. The second kappa shape index (κ2) is 3.47. The maximum Gasteiger partial charge on any atom is 0.550 e. The zero-order valence-electron chi connectivity index (χ0n) is 7.61. The van der Waals surface area contributed by atoms with E-state index in [1.807, 2.05) is 30.3 Å². The van der Waals surface area contributed by atoms with Crippen molar-refractivity contribution in [2.45, 2.75) is 19.4 Å². The average Bonchev–Trinajstić information content (AvgIpc) is 2.04. The molecule has 0 saturated heterocycles. The van der Waals surface area contributed by atoms with Gasteiger partial charge in [0.05, 0.1) is 0 Å². The molecule has 0 aliphatic heterocycles. The van der Waals surface area contributed by atoms with Crippen molar-refractivity contribution in [1.29, 1.82) is 0 Å². The van der Waals surface area contributed by atoms with E-state index in [-0.39, 0.29) is 0 Å². The number of carbonyl (C=O) groups is 1. The number of ether oxygens (including phenoxy) is 1. The van der Waals surface area contributed by atoms with E-state index >= 15 is 0 Å². The molecular weight excluding hydrogens is 168 g/mol. The van der Waals surface area contributed by atoms with Gasteiger partial charge in [0.1, 0.15) is 5.60 Å². The summed E-state index contributed by atoms with van der Waals surface area (Å²) in [7, 11) is 0. The van der Waals surface area contributed by atoms with Gasteiger partial charge in [0.25, 0.3) is 0 Å². The lowest BCUT2D eigenvalue weighted by Crippen LogP contribution is -2.23. The highest BCUT2D eigenvalue weighted by Gasteiger charge is 2.25.